The second kappa shape index (κ2) is 6.85. The van der Waals surface area contributed by atoms with Gasteiger partial charge in [-0.2, -0.15) is 0 Å². The molecule has 0 saturated heterocycles. The number of nitrogen functional groups attached to an aromatic ring is 1. The first-order chi connectivity index (χ1) is 10.1. The molecule has 0 radical (unpaired) electrons. The lowest BCUT2D eigenvalue weighted by Crippen LogP contribution is -2.05. The Hall–Kier alpha value is -2.41. The van der Waals surface area contributed by atoms with Gasteiger partial charge >= 0.3 is 0 Å². The van der Waals surface area contributed by atoms with Gasteiger partial charge in [-0.15, -0.1) is 0 Å². The van der Waals surface area contributed by atoms with E-state index in [1.165, 1.54) is 19.2 Å². The first-order valence-corrected chi connectivity index (χ1v) is 6.44. The molecule has 6 nitrogen and oxygen atoms in total. The highest BCUT2D eigenvalue weighted by Crippen LogP contribution is 2.23. The van der Waals surface area contributed by atoms with E-state index in [4.69, 9.17) is 15.2 Å². The molecule has 0 saturated carbocycles. The number of aromatic nitrogens is 2. The first-order valence-electron chi connectivity index (χ1n) is 6.44. The van der Waals surface area contributed by atoms with Crippen molar-refractivity contribution < 1.29 is 13.9 Å². The number of hydrogen-bond acceptors (Lipinski definition) is 6. The average molecular weight is 292 g/mol. The highest BCUT2D eigenvalue weighted by molar-refractivity contribution is 5.59. The number of nitrogens with zero attached hydrogens (tertiary/aromatic N) is 2. The summed E-state index contributed by atoms with van der Waals surface area (Å²) in [6, 6.07) is 6.10. The van der Waals surface area contributed by atoms with Crippen molar-refractivity contribution in [3.63, 3.8) is 0 Å². The van der Waals surface area contributed by atoms with Crippen molar-refractivity contribution in [1.82, 2.24) is 9.97 Å². The van der Waals surface area contributed by atoms with Crippen LogP contribution in [-0.2, 0) is 11.3 Å². The third-order valence-electron chi connectivity index (χ3n) is 2.65. The maximum Gasteiger partial charge on any atom is 0.167 e. The molecule has 112 valence electrons. The predicted octanol–water partition coefficient (Wildman–Crippen LogP) is 2.49. The van der Waals surface area contributed by atoms with Gasteiger partial charge in [-0.3, -0.25) is 0 Å². The van der Waals surface area contributed by atoms with Crippen molar-refractivity contribution in [3.8, 4) is 5.75 Å². The first kappa shape index (κ1) is 15.0. The zero-order valence-corrected chi connectivity index (χ0v) is 11.9. The molecule has 3 N–H and O–H groups in total. The summed E-state index contributed by atoms with van der Waals surface area (Å²) in [7, 11) is 1.41. The van der Waals surface area contributed by atoms with Crippen LogP contribution in [-0.4, -0.2) is 23.7 Å². The Morgan fingerprint density at radius 3 is 2.76 bits per heavy atom. The third kappa shape index (κ3) is 4.03. The van der Waals surface area contributed by atoms with Gasteiger partial charge in [0.2, 0.25) is 0 Å². The van der Waals surface area contributed by atoms with Gasteiger partial charge in [0.25, 0.3) is 0 Å². The van der Waals surface area contributed by atoms with Gasteiger partial charge in [-0.05, 0) is 19.1 Å². The van der Waals surface area contributed by atoms with E-state index in [1.807, 2.05) is 6.92 Å². The number of anilines is 3. The minimum absolute atomic E-state index is 0.180. The van der Waals surface area contributed by atoms with E-state index in [-0.39, 0.29) is 12.4 Å². The van der Waals surface area contributed by atoms with E-state index in [0.29, 0.717) is 29.8 Å². The molecule has 1 heterocycles. The summed E-state index contributed by atoms with van der Waals surface area (Å²) >= 11 is 0. The molecule has 1 aromatic carbocycles. The molecular formula is C14H17FN4O2. The number of nitrogens with one attached hydrogen (secondary N) is 1. The van der Waals surface area contributed by atoms with Gasteiger partial charge < -0.3 is 20.5 Å². The molecule has 0 fully saturated rings. The fourth-order valence-electron chi connectivity index (χ4n) is 1.73. The van der Waals surface area contributed by atoms with E-state index in [9.17, 15) is 4.39 Å². The van der Waals surface area contributed by atoms with Gasteiger partial charge in [-0.1, -0.05) is 0 Å². The smallest absolute Gasteiger partial charge is 0.167 e. The van der Waals surface area contributed by atoms with Crippen molar-refractivity contribution in [1.29, 1.82) is 0 Å². The second-order valence-electron chi connectivity index (χ2n) is 4.21. The highest BCUT2D eigenvalue weighted by atomic mass is 19.1. The van der Waals surface area contributed by atoms with Crippen LogP contribution >= 0.6 is 0 Å². The molecule has 0 aliphatic rings. The molecule has 21 heavy (non-hydrogen) atoms. The summed E-state index contributed by atoms with van der Waals surface area (Å²) in [5, 5.41) is 2.97. The zero-order chi connectivity index (χ0) is 15.2. The largest absolute Gasteiger partial charge is 0.494 e. The molecule has 0 bridgehead atoms. The van der Waals surface area contributed by atoms with E-state index < -0.39 is 5.82 Å². The van der Waals surface area contributed by atoms with E-state index in [0.717, 1.165) is 0 Å². The molecule has 1 aromatic heterocycles. The Morgan fingerprint density at radius 2 is 2.10 bits per heavy atom. The second-order valence-corrected chi connectivity index (χ2v) is 4.21. The lowest BCUT2D eigenvalue weighted by atomic mass is 10.3. The van der Waals surface area contributed by atoms with Gasteiger partial charge in [0.1, 0.15) is 18.2 Å². The Kier molecular flexibility index (Phi) is 4.89. The summed E-state index contributed by atoms with van der Waals surface area (Å²) in [6.07, 6.45) is 0. The maximum atomic E-state index is 13.6. The lowest BCUT2D eigenvalue weighted by molar-refractivity contribution is 0.128. The van der Waals surface area contributed by atoms with Crippen molar-refractivity contribution in [3.05, 3.63) is 35.9 Å². The number of rotatable bonds is 6. The van der Waals surface area contributed by atoms with Crippen LogP contribution in [0.1, 0.15) is 12.7 Å². The molecule has 0 aliphatic heterocycles. The number of halogens is 1. The van der Waals surface area contributed by atoms with Crippen LogP contribution in [0.25, 0.3) is 0 Å². The molecule has 0 unspecified atom stereocenters. The molecule has 0 spiro atoms. The average Bonchev–Trinajstić information content (AvgIpc) is 2.45. The van der Waals surface area contributed by atoms with Crippen molar-refractivity contribution in [2.45, 2.75) is 13.5 Å². The zero-order valence-electron chi connectivity index (χ0n) is 11.9. The summed E-state index contributed by atoms with van der Waals surface area (Å²) in [4.78, 5) is 8.32. The number of ether oxygens (including phenoxy) is 2. The SMILES string of the molecule is CCOCc1nc(N)cc(Nc2ccc(OC)c(F)c2)n1. The number of methoxy groups -OCH3 is 1. The van der Waals surface area contributed by atoms with Crippen molar-refractivity contribution >= 4 is 17.3 Å². The van der Waals surface area contributed by atoms with Crippen LogP contribution in [0.3, 0.4) is 0 Å². The summed E-state index contributed by atoms with van der Waals surface area (Å²) < 4.78 is 23.7. The van der Waals surface area contributed by atoms with E-state index >= 15 is 0 Å². The van der Waals surface area contributed by atoms with Crippen LogP contribution in [0.2, 0.25) is 0 Å². The highest BCUT2D eigenvalue weighted by Gasteiger charge is 2.06. The van der Waals surface area contributed by atoms with Crippen LogP contribution in [0.5, 0.6) is 5.75 Å². The van der Waals surface area contributed by atoms with E-state index in [1.54, 1.807) is 12.1 Å². The summed E-state index contributed by atoms with van der Waals surface area (Å²) in [5.74, 6) is 0.977. The van der Waals surface area contributed by atoms with E-state index in [2.05, 4.69) is 15.3 Å². The topological polar surface area (TPSA) is 82.3 Å². The molecule has 0 atom stereocenters. The molecule has 0 amide bonds. The Morgan fingerprint density at radius 1 is 1.29 bits per heavy atom. The van der Waals surface area contributed by atoms with Crippen LogP contribution < -0.4 is 15.8 Å². The quantitative estimate of drug-likeness (QED) is 0.851. The number of nitrogens with two attached hydrogens (primary N) is 1. The maximum absolute atomic E-state index is 13.6. The fourth-order valence-corrected chi connectivity index (χ4v) is 1.73. The minimum Gasteiger partial charge on any atom is -0.494 e. The van der Waals surface area contributed by atoms with Crippen LogP contribution in [0.4, 0.5) is 21.7 Å². The summed E-state index contributed by atoms with van der Waals surface area (Å²) in [6.45, 7) is 2.71. The Balaban J connectivity index is 2.18. The number of hydrogen-bond donors (Lipinski definition) is 2. The Bertz CT molecular complexity index is 622. The molecule has 2 aromatic rings. The van der Waals surface area contributed by atoms with Crippen LogP contribution in [0.15, 0.2) is 24.3 Å². The standard InChI is InChI=1S/C14H17FN4O2/c1-3-21-8-14-18-12(16)7-13(19-14)17-9-4-5-11(20-2)10(15)6-9/h4-7H,3,8H2,1-2H3,(H3,16,17,18,19). The summed E-state index contributed by atoms with van der Waals surface area (Å²) in [5.41, 5.74) is 6.26. The molecule has 0 aliphatic carbocycles. The minimum atomic E-state index is -0.459. The van der Waals surface area contributed by atoms with Crippen molar-refractivity contribution in [2.75, 3.05) is 24.8 Å². The van der Waals surface area contributed by atoms with Crippen molar-refractivity contribution in [2.24, 2.45) is 0 Å². The molecular weight excluding hydrogens is 275 g/mol. The van der Waals surface area contributed by atoms with Gasteiger partial charge in [0.05, 0.1) is 7.11 Å². The predicted molar refractivity (Wildman–Crippen MR) is 78.0 cm³/mol. The van der Waals surface area contributed by atoms with Gasteiger partial charge in [0, 0.05) is 24.4 Å². The van der Waals surface area contributed by atoms with Gasteiger partial charge in [-0.25, -0.2) is 14.4 Å². The van der Waals surface area contributed by atoms with Gasteiger partial charge in [0.15, 0.2) is 17.4 Å². The van der Waals surface area contributed by atoms with Crippen LogP contribution in [0, 0.1) is 5.82 Å². The lowest BCUT2D eigenvalue weighted by Gasteiger charge is -2.09. The third-order valence-corrected chi connectivity index (χ3v) is 2.65. The molecule has 2 rings (SSSR count). The molecule has 7 heteroatoms. The number of benzene rings is 1. The fraction of sp³-hybridized carbons (Fsp3) is 0.286. The normalized spacial score (nSPS) is 10.4. The Labute approximate surface area is 122 Å². The monoisotopic (exact) mass is 292 g/mol.